The Morgan fingerprint density at radius 1 is 1.22 bits per heavy atom. The maximum Gasteiger partial charge on any atom is 0.223 e. The van der Waals surface area contributed by atoms with Gasteiger partial charge in [-0.2, -0.15) is 0 Å². The minimum Gasteiger partial charge on any atom is -0.338 e. The van der Waals surface area contributed by atoms with Crippen LogP contribution in [0.1, 0.15) is 47.8 Å². The lowest BCUT2D eigenvalue weighted by atomic mass is 9.97. The van der Waals surface area contributed by atoms with Crippen molar-refractivity contribution >= 4 is 5.91 Å². The molecule has 1 amide bonds. The van der Waals surface area contributed by atoms with E-state index in [0.29, 0.717) is 18.9 Å². The molecule has 1 aromatic heterocycles. The van der Waals surface area contributed by atoms with E-state index in [0.717, 1.165) is 43.0 Å². The Kier molecular flexibility index (Phi) is 5.48. The predicted octanol–water partition coefficient (Wildman–Crippen LogP) is 2.80. The zero-order chi connectivity index (χ0) is 18.6. The summed E-state index contributed by atoms with van der Waals surface area (Å²) in [5.41, 5.74) is 3.47. The van der Waals surface area contributed by atoms with Gasteiger partial charge >= 0.3 is 0 Å². The molecule has 4 rings (SSSR count). The average molecular weight is 364 g/mol. The maximum atomic E-state index is 12.6. The number of hydrogen-bond acceptors (Lipinski definition) is 4. The first-order valence-electron chi connectivity index (χ1n) is 10.0. The van der Waals surface area contributed by atoms with Crippen LogP contribution < -0.4 is 0 Å². The summed E-state index contributed by atoms with van der Waals surface area (Å²) in [7, 11) is 2.17. The van der Waals surface area contributed by atoms with E-state index >= 15 is 0 Å². The summed E-state index contributed by atoms with van der Waals surface area (Å²) < 4.78 is 0. The van der Waals surface area contributed by atoms with Gasteiger partial charge in [0.1, 0.15) is 5.82 Å². The minimum absolute atomic E-state index is 0.225. The Bertz CT molecular complexity index is 792. The largest absolute Gasteiger partial charge is 0.338 e. The number of carbonyl (C=O) groups excluding carboxylic acids is 1. The summed E-state index contributed by atoms with van der Waals surface area (Å²) in [6, 6.07) is 10.2. The van der Waals surface area contributed by atoms with Gasteiger partial charge in [-0.3, -0.25) is 4.79 Å². The summed E-state index contributed by atoms with van der Waals surface area (Å²) in [6.07, 6.45) is 6.55. The van der Waals surface area contributed by atoms with E-state index in [1.54, 1.807) is 0 Å². The van der Waals surface area contributed by atoms with Crippen LogP contribution >= 0.6 is 0 Å². The van der Waals surface area contributed by atoms with Crippen molar-refractivity contribution in [2.24, 2.45) is 0 Å². The van der Waals surface area contributed by atoms with Crippen molar-refractivity contribution < 1.29 is 4.79 Å². The highest BCUT2D eigenvalue weighted by molar-refractivity contribution is 5.76. The quantitative estimate of drug-likeness (QED) is 0.837. The molecule has 3 heterocycles. The molecule has 0 N–H and O–H groups in total. The molecule has 1 atom stereocenters. The zero-order valence-electron chi connectivity index (χ0n) is 16.1. The highest BCUT2D eigenvalue weighted by Crippen LogP contribution is 2.25. The van der Waals surface area contributed by atoms with Gasteiger partial charge < -0.3 is 9.80 Å². The topological polar surface area (TPSA) is 49.3 Å². The van der Waals surface area contributed by atoms with E-state index in [9.17, 15) is 4.79 Å². The lowest BCUT2D eigenvalue weighted by molar-refractivity contribution is -0.132. The molecular weight excluding hydrogens is 336 g/mol. The standard InChI is InChI=1S/C22H28N4O/c1-25-12-5-8-18(15-25)22-23-14-19-16-26(13-11-20(19)24-22)21(27)10-9-17-6-3-2-4-7-17/h2-4,6-7,14,18H,5,8-13,15-16H2,1H3/t18-/m1/s1. The molecule has 0 bridgehead atoms. The Balaban J connectivity index is 1.37. The number of rotatable bonds is 4. The third kappa shape index (κ3) is 4.35. The minimum atomic E-state index is 0.225. The van der Waals surface area contributed by atoms with Crippen molar-refractivity contribution in [3.05, 3.63) is 59.2 Å². The van der Waals surface area contributed by atoms with Crippen molar-refractivity contribution in [2.75, 3.05) is 26.7 Å². The van der Waals surface area contributed by atoms with Crippen LogP contribution in [0.4, 0.5) is 0 Å². The number of amides is 1. The third-order valence-electron chi connectivity index (χ3n) is 5.77. The molecule has 5 heteroatoms. The first kappa shape index (κ1) is 18.1. The number of benzene rings is 1. The van der Waals surface area contributed by atoms with Gasteiger partial charge in [-0.15, -0.1) is 0 Å². The summed E-state index contributed by atoms with van der Waals surface area (Å²) >= 11 is 0. The van der Waals surface area contributed by atoms with Crippen LogP contribution in [0, 0.1) is 0 Å². The van der Waals surface area contributed by atoms with Crippen LogP contribution in [0.3, 0.4) is 0 Å². The first-order chi connectivity index (χ1) is 13.2. The average Bonchev–Trinajstić information content (AvgIpc) is 2.72. The fourth-order valence-corrected chi connectivity index (χ4v) is 4.17. The van der Waals surface area contributed by atoms with Crippen LogP contribution in [0.2, 0.25) is 0 Å². The van der Waals surface area contributed by atoms with Gasteiger partial charge in [0, 0.05) is 50.2 Å². The summed E-state index contributed by atoms with van der Waals surface area (Å²) in [4.78, 5) is 26.5. The fourth-order valence-electron chi connectivity index (χ4n) is 4.17. The second-order valence-corrected chi connectivity index (χ2v) is 7.85. The van der Waals surface area contributed by atoms with E-state index in [1.807, 2.05) is 29.3 Å². The normalized spacial score (nSPS) is 20.3. The number of fused-ring (bicyclic) bond motifs is 1. The number of aryl methyl sites for hydroxylation is 1. The SMILES string of the molecule is CN1CCC[C@@H](c2ncc3c(n2)CCN(C(=O)CCc2ccccc2)C3)C1. The fraction of sp³-hybridized carbons (Fsp3) is 0.500. The summed E-state index contributed by atoms with van der Waals surface area (Å²) in [5, 5.41) is 0. The second kappa shape index (κ2) is 8.17. The molecule has 0 saturated carbocycles. The van der Waals surface area contributed by atoms with Gasteiger partial charge in [-0.05, 0) is 38.4 Å². The van der Waals surface area contributed by atoms with Gasteiger partial charge in [-0.25, -0.2) is 9.97 Å². The van der Waals surface area contributed by atoms with Gasteiger partial charge in [0.2, 0.25) is 5.91 Å². The first-order valence-corrected chi connectivity index (χ1v) is 10.0. The lowest BCUT2D eigenvalue weighted by Crippen LogP contribution is -2.37. The van der Waals surface area contributed by atoms with Crippen molar-refractivity contribution in [1.82, 2.24) is 19.8 Å². The molecule has 0 aliphatic carbocycles. The number of aromatic nitrogens is 2. The van der Waals surface area contributed by atoms with E-state index in [2.05, 4.69) is 29.1 Å². The second-order valence-electron chi connectivity index (χ2n) is 7.85. The third-order valence-corrected chi connectivity index (χ3v) is 5.77. The van der Waals surface area contributed by atoms with Crippen LogP contribution in [0.5, 0.6) is 0 Å². The van der Waals surface area contributed by atoms with E-state index in [4.69, 9.17) is 4.98 Å². The zero-order valence-corrected chi connectivity index (χ0v) is 16.1. The van der Waals surface area contributed by atoms with E-state index in [1.165, 1.54) is 24.9 Å². The predicted molar refractivity (Wildman–Crippen MR) is 105 cm³/mol. The van der Waals surface area contributed by atoms with Gasteiger partial charge in [0.25, 0.3) is 0 Å². The Hall–Kier alpha value is -2.27. The Morgan fingerprint density at radius 2 is 2.07 bits per heavy atom. The monoisotopic (exact) mass is 364 g/mol. The van der Waals surface area contributed by atoms with E-state index < -0.39 is 0 Å². The number of hydrogen-bond donors (Lipinski definition) is 0. The molecule has 1 fully saturated rings. The molecule has 142 valence electrons. The van der Waals surface area contributed by atoms with Crippen LogP contribution in [0.15, 0.2) is 36.5 Å². The van der Waals surface area contributed by atoms with Crippen molar-refractivity contribution in [2.45, 2.75) is 44.6 Å². The molecule has 5 nitrogen and oxygen atoms in total. The molecular formula is C22H28N4O. The van der Waals surface area contributed by atoms with Crippen LogP contribution in [-0.4, -0.2) is 52.4 Å². The van der Waals surface area contributed by atoms with Crippen molar-refractivity contribution in [1.29, 1.82) is 0 Å². The highest BCUT2D eigenvalue weighted by Gasteiger charge is 2.25. The van der Waals surface area contributed by atoms with Crippen molar-refractivity contribution in [3.63, 3.8) is 0 Å². The molecule has 2 aliphatic heterocycles. The molecule has 0 unspecified atom stereocenters. The number of carbonyl (C=O) groups is 1. The van der Waals surface area contributed by atoms with Crippen LogP contribution in [-0.2, 0) is 24.2 Å². The Morgan fingerprint density at radius 3 is 2.89 bits per heavy atom. The molecule has 0 radical (unpaired) electrons. The number of likely N-dealkylation sites (N-methyl/N-ethyl adjacent to an activating group) is 1. The molecule has 2 aliphatic rings. The molecule has 27 heavy (non-hydrogen) atoms. The van der Waals surface area contributed by atoms with Crippen LogP contribution in [0.25, 0.3) is 0 Å². The van der Waals surface area contributed by atoms with Gasteiger partial charge in [0.05, 0.1) is 5.69 Å². The number of likely N-dealkylation sites (tertiary alicyclic amines) is 1. The molecule has 1 aromatic carbocycles. The maximum absolute atomic E-state index is 12.6. The van der Waals surface area contributed by atoms with Crippen molar-refractivity contribution in [3.8, 4) is 0 Å². The number of nitrogens with zero attached hydrogens (tertiary/aromatic N) is 4. The summed E-state index contributed by atoms with van der Waals surface area (Å²) in [5.74, 6) is 1.66. The summed E-state index contributed by atoms with van der Waals surface area (Å²) in [6.45, 7) is 3.62. The highest BCUT2D eigenvalue weighted by atomic mass is 16.2. The van der Waals surface area contributed by atoms with E-state index in [-0.39, 0.29) is 5.91 Å². The molecule has 1 saturated heterocycles. The molecule has 0 spiro atoms. The number of piperidine rings is 1. The molecule has 2 aromatic rings. The lowest BCUT2D eigenvalue weighted by Gasteiger charge is -2.31. The van der Waals surface area contributed by atoms with Gasteiger partial charge in [-0.1, -0.05) is 30.3 Å². The smallest absolute Gasteiger partial charge is 0.223 e. The van der Waals surface area contributed by atoms with Gasteiger partial charge in [0.15, 0.2) is 0 Å². The Labute approximate surface area is 161 Å².